The molecule has 1 aliphatic heterocycles. The second kappa shape index (κ2) is 10.5. The zero-order valence-corrected chi connectivity index (χ0v) is 25.3. The van der Waals surface area contributed by atoms with E-state index in [4.69, 9.17) is 4.98 Å². The Kier molecular flexibility index (Phi) is 7.39. The molecule has 1 amide bonds. The monoisotopic (exact) mass is 605 g/mol. The molecule has 1 aliphatic rings. The summed E-state index contributed by atoms with van der Waals surface area (Å²) in [6.45, 7) is 10.9. The summed E-state index contributed by atoms with van der Waals surface area (Å²) >= 11 is 3.61. The molecule has 0 bridgehead atoms. The van der Waals surface area contributed by atoms with Crippen LogP contribution >= 0.6 is 15.9 Å². The van der Waals surface area contributed by atoms with Gasteiger partial charge in [-0.15, -0.1) is 0 Å². The van der Waals surface area contributed by atoms with Crippen LogP contribution in [0.25, 0.3) is 22.2 Å². The van der Waals surface area contributed by atoms with Crippen LogP contribution in [0.3, 0.4) is 0 Å². The molecule has 6 nitrogen and oxygen atoms in total. The molecule has 39 heavy (non-hydrogen) atoms. The minimum atomic E-state index is -3.71. The highest BCUT2D eigenvalue weighted by Crippen LogP contribution is 2.33. The van der Waals surface area contributed by atoms with Gasteiger partial charge in [0.15, 0.2) is 0 Å². The van der Waals surface area contributed by atoms with Gasteiger partial charge >= 0.3 is 0 Å². The lowest BCUT2D eigenvalue weighted by atomic mass is 9.95. The van der Waals surface area contributed by atoms with Crippen molar-refractivity contribution in [2.75, 3.05) is 26.2 Å². The number of pyridine rings is 1. The molecule has 2 heterocycles. The Morgan fingerprint density at radius 3 is 2.00 bits per heavy atom. The molecule has 1 aromatic heterocycles. The van der Waals surface area contributed by atoms with E-state index >= 15 is 0 Å². The van der Waals surface area contributed by atoms with Gasteiger partial charge in [0, 0.05) is 41.6 Å². The number of piperazine rings is 1. The molecular formula is C31H32BrN3O3S. The van der Waals surface area contributed by atoms with Crippen LogP contribution in [0.1, 0.15) is 38.2 Å². The van der Waals surface area contributed by atoms with Crippen molar-refractivity contribution < 1.29 is 13.2 Å². The number of sulfonamides is 1. The van der Waals surface area contributed by atoms with Crippen LogP contribution in [0.15, 0.2) is 64.0 Å². The van der Waals surface area contributed by atoms with Crippen LogP contribution < -0.4 is 0 Å². The van der Waals surface area contributed by atoms with Crippen molar-refractivity contribution in [1.29, 1.82) is 0 Å². The Hall–Kier alpha value is -3.07. The predicted molar refractivity (Wildman–Crippen MR) is 160 cm³/mol. The number of aromatic nitrogens is 1. The largest absolute Gasteiger partial charge is 0.336 e. The summed E-state index contributed by atoms with van der Waals surface area (Å²) in [4.78, 5) is 20.9. The molecule has 5 rings (SSSR count). The molecule has 0 N–H and O–H groups in total. The molecule has 3 aromatic carbocycles. The number of rotatable bonds is 4. The summed E-state index contributed by atoms with van der Waals surface area (Å²) in [7, 11) is -3.71. The van der Waals surface area contributed by atoms with Crippen molar-refractivity contribution >= 4 is 42.8 Å². The highest BCUT2D eigenvalue weighted by molar-refractivity contribution is 9.10. The summed E-state index contributed by atoms with van der Waals surface area (Å²) in [6, 6.07) is 17.4. The number of halogens is 1. The fourth-order valence-electron chi connectivity index (χ4n) is 5.45. The van der Waals surface area contributed by atoms with Gasteiger partial charge in [-0.05, 0) is 80.6 Å². The molecule has 0 saturated carbocycles. The Morgan fingerprint density at radius 1 is 0.795 bits per heavy atom. The first-order valence-electron chi connectivity index (χ1n) is 13.0. The summed E-state index contributed by atoms with van der Waals surface area (Å²) in [6.07, 6.45) is 0. The van der Waals surface area contributed by atoms with E-state index in [9.17, 15) is 13.2 Å². The number of benzene rings is 3. The zero-order chi connectivity index (χ0) is 28.1. The molecule has 0 aliphatic carbocycles. The van der Waals surface area contributed by atoms with Crippen LogP contribution in [-0.4, -0.2) is 54.7 Å². The standard InChI is InChI=1S/C31H32BrN3O3S/c1-19-20(2)22(4)30(23(5)21(19)3)39(37,38)35-16-14-34(15-17-35)31(36)25-18-28(24-10-7-6-8-11-24)33-27-13-9-12-26(32)29(25)27/h6-13,18H,14-17H2,1-5H3. The van der Waals surface area contributed by atoms with Gasteiger partial charge in [0.05, 0.1) is 21.7 Å². The molecule has 1 fully saturated rings. The first kappa shape index (κ1) is 27.5. The van der Waals surface area contributed by atoms with E-state index in [1.165, 1.54) is 4.31 Å². The Morgan fingerprint density at radius 2 is 1.38 bits per heavy atom. The average Bonchev–Trinajstić information content (AvgIpc) is 2.94. The van der Waals surface area contributed by atoms with Crippen molar-refractivity contribution in [1.82, 2.24) is 14.2 Å². The Labute approximate surface area is 238 Å². The van der Waals surface area contributed by atoms with Crippen molar-refractivity contribution in [2.45, 2.75) is 39.5 Å². The van der Waals surface area contributed by atoms with Gasteiger partial charge in [-0.2, -0.15) is 4.31 Å². The third kappa shape index (κ3) is 4.79. The van der Waals surface area contributed by atoms with Crippen LogP contribution in [-0.2, 0) is 10.0 Å². The fraction of sp³-hybridized carbons (Fsp3) is 0.290. The summed E-state index contributed by atoms with van der Waals surface area (Å²) < 4.78 is 30.0. The van der Waals surface area contributed by atoms with Crippen LogP contribution in [0, 0.1) is 34.6 Å². The molecule has 8 heteroatoms. The van der Waals surface area contributed by atoms with E-state index in [1.54, 1.807) is 4.90 Å². The fourth-order valence-corrected chi connectivity index (χ4v) is 8.00. The van der Waals surface area contributed by atoms with Gasteiger partial charge in [0.1, 0.15) is 0 Å². The normalized spacial score (nSPS) is 14.7. The number of carbonyl (C=O) groups is 1. The van der Waals surface area contributed by atoms with Gasteiger partial charge < -0.3 is 4.90 Å². The minimum absolute atomic E-state index is 0.127. The number of carbonyl (C=O) groups excluding carboxylic acids is 1. The summed E-state index contributed by atoms with van der Waals surface area (Å²) in [5.74, 6) is -0.127. The number of nitrogens with zero attached hydrogens (tertiary/aromatic N) is 3. The number of hydrogen-bond acceptors (Lipinski definition) is 4. The van der Waals surface area contributed by atoms with Crippen molar-refractivity contribution in [2.24, 2.45) is 0 Å². The SMILES string of the molecule is Cc1c(C)c(C)c(S(=O)(=O)N2CCN(C(=O)c3cc(-c4ccccc4)nc4cccc(Br)c34)CC2)c(C)c1C. The Bertz CT molecular complexity index is 1680. The predicted octanol–water partition coefficient (Wildman–Crippen LogP) is 6.35. The van der Waals surface area contributed by atoms with Crippen LogP contribution in [0.2, 0.25) is 0 Å². The molecule has 4 aromatic rings. The lowest BCUT2D eigenvalue weighted by Gasteiger charge is -2.35. The maximum Gasteiger partial charge on any atom is 0.254 e. The van der Waals surface area contributed by atoms with E-state index < -0.39 is 10.0 Å². The van der Waals surface area contributed by atoms with Gasteiger partial charge in [-0.3, -0.25) is 4.79 Å². The highest BCUT2D eigenvalue weighted by Gasteiger charge is 2.34. The first-order valence-corrected chi connectivity index (χ1v) is 15.3. The maximum atomic E-state index is 13.9. The highest BCUT2D eigenvalue weighted by atomic mass is 79.9. The number of fused-ring (bicyclic) bond motifs is 1. The maximum absolute atomic E-state index is 13.9. The molecule has 0 unspecified atom stereocenters. The second-order valence-electron chi connectivity index (χ2n) is 10.2. The smallest absolute Gasteiger partial charge is 0.254 e. The van der Waals surface area contributed by atoms with Crippen molar-refractivity contribution in [3.63, 3.8) is 0 Å². The average molecular weight is 607 g/mol. The van der Waals surface area contributed by atoms with E-state index in [2.05, 4.69) is 15.9 Å². The molecule has 202 valence electrons. The van der Waals surface area contributed by atoms with Gasteiger partial charge in [-0.25, -0.2) is 13.4 Å². The lowest BCUT2D eigenvalue weighted by Crippen LogP contribution is -2.50. The number of amides is 1. The first-order chi connectivity index (χ1) is 18.5. The topological polar surface area (TPSA) is 70.6 Å². The summed E-state index contributed by atoms with van der Waals surface area (Å²) in [5, 5.41) is 0.758. The van der Waals surface area contributed by atoms with E-state index in [1.807, 2.05) is 89.2 Å². The molecular weight excluding hydrogens is 574 g/mol. The number of hydrogen-bond donors (Lipinski definition) is 0. The third-order valence-electron chi connectivity index (χ3n) is 8.14. The third-order valence-corrected chi connectivity index (χ3v) is 11.0. The quantitative estimate of drug-likeness (QED) is 0.272. The zero-order valence-electron chi connectivity index (χ0n) is 22.9. The Balaban J connectivity index is 1.46. The van der Waals surface area contributed by atoms with Crippen LogP contribution in [0.5, 0.6) is 0 Å². The molecule has 1 saturated heterocycles. The van der Waals surface area contributed by atoms with Gasteiger partial charge in [-0.1, -0.05) is 52.3 Å². The van der Waals surface area contributed by atoms with E-state index in [0.29, 0.717) is 23.5 Å². The van der Waals surface area contributed by atoms with Crippen LogP contribution in [0.4, 0.5) is 0 Å². The summed E-state index contributed by atoms with van der Waals surface area (Å²) in [5.41, 5.74) is 7.69. The molecule has 0 spiro atoms. The van der Waals surface area contributed by atoms with Gasteiger partial charge in [0.2, 0.25) is 10.0 Å². The van der Waals surface area contributed by atoms with Gasteiger partial charge in [0.25, 0.3) is 5.91 Å². The van der Waals surface area contributed by atoms with E-state index in [0.717, 1.165) is 54.5 Å². The van der Waals surface area contributed by atoms with E-state index in [-0.39, 0.29) is 19.0 Å². The lowest BCUT2D eigenvalue weighted by molar-refractivity contribution is 0.0699. The van der Waals surface area contributed by atoms with Crippen molar-refractivity contribution in [3.05, 3.63) is 92.5 Å². The second-order valence-corrected chi connectivity index (χ2v) is 12.9. The minimum Gasteiger partial charge on any atom is -0.336 e. The molecule has 0 atom stereocenters. The van der Waals surface area contributed by atoms with Crippen molar-refractivity contribution in [3.8, 4) is 11.3 Å². The molecule has 0 radical (unpaired) electrons.